The van der Waals surface area contributed by atoms with Gasteiger partial charge in [-0.3, -0.25) is 4.79 Å². The van der Waals surface area contributed by atoms with Crippen LogP contribution in [0.1, 0.15) is 6.42 Å². The quantitative estimate of drug-likeness (QED) is 0.613. The van der Waals surface area contributed by atoms with Crippen LogP contribution in [0.5, 0.6) is 0 Å². The van der Waals surface area contributed by atoms with Crippen molar-refractivity contribution in [1.29, 1.82) is 0 Å². The van der Waals surface area contributed by atoms with Crippen LogP contribution in [-0.4, -0.2) is 47.2 Å². The summed E-state index contributed by atoms with van der Waals surface area (Å²) in [5, 5.41) is 8.36. The summed E-state index contributed by atoms with van der Waals surface area (Å²) < 4.78 is 5.20. The molecule has 0 aliphatic carbocycles. The Balaban J connectivity index is 1.96. The standard InChI is InChI=1S/C9H11NO4/c11-8(1-2-9(12)13)10-6-3-7(10)5-14-4-6/h1-2,6-7H,3-5H2,(H,12,13)/b2-1+/t6-,7-/m1/s1. The van der Waals surface area contributed by atoms with Gasteiger partial charge < -0.3 is 14.7 Å². The maximum atomic E-state index is 11.5. The maximum absolute atomic E-state index is 11.5. The molecule has 3 aliphatic heterocycles. The van der Waals surface area contributed by atoms with Crippen LogP contribution in [0.4, 0.5) is 0 Å². The van der Waals surface area contributed by atoms with E-state index in [4.69, 9.17) is 9.84 Å². The molecule has 0 aromatic heterocycles. The lowest BCUT2D eigenvalue weighted by Crippen LogP contribution is -2.65. The van der Waals surface area contributed by atoms with Gasteiger partial charge in [-0.2, -0.15) is 0 Å². The molecule has 14 heavy (non-hydrogen) atoms. The van der Waals surface area contributed by atoms with Gasteiger partial charge in [0.1, 0.15) is 0 Å². The maximum Gasteiger partial charge on any atom is 0.328 e. The molecule has 5 nitrogen and oxygen atoms in total. The number of carbonyl (C=O) groups is 2. The second kappa shape index (κ2) is 3.42. The normalized spacial score (nSPS) is 30.1. The molecule has 0 radical (unpaired) electrons. The number of carboxylic acid groups (broad SMARTS) is 1. The zero-order valence-corrected chi connectivity index (χ0v) is 7.55. The van der Waals surface area contributed by atoms with Gasteiger partial charge in [0.15, 0.2) is 0 Å². The third-order valence-electron chi connectivity index (χ3n) is 2.57. The molecular weight excluding hydrogens is 186 g/mol. The van der Waals surface area contributed by atoms with Crippen LogP contribution < -0.4 is 0 Å². The fourth-order valence-corrected chi connectivity index (χ4v) is 1.93. The van der Waals surface area contributed by atoms with Gasteiger partial charge in [0.05, 0.1) is 25.3 Å². The number of fused-ring (bicyclic) bond motifs is 2. The van der Waals surface area contributed by atoms with E-state index in [2.05, 4.69) is 0 Å². The molecule has 3 rings (SSSR count). The van der Waals surface area contributed by atoms with Gasteiger partial charge in [0.25, 0.3) is 0 Å². The number of carbonyl (C=O) groups excluding carboxylic acids is 1. The van der Waals surface area contributed by atoms with Crippen molar-refractivity contribution in [2.24, 2.45) is 0 Å². The van der Waals surface area contributed by atoms with E-state index in [1.807, 2.05) is 0 Å². The number of nitrogens with zero attached hydrogens (tertiary/aromatic N) is 1. The highest BCUT2D eigenvalue weighted by atomic mass is 16.5. The first-order valence-electron chi connectivity index (χ1n) is 4.49. The van der Waals surface area contributed by atoms with Gasteiger partial charge in [-0.1, -0.05) is 0 Å². The Morgan fingerprint density at radius 2 is 1.93 bits per heavy atom. The Hall–Kier alpha value is -1.36. The van der Waals surface area contributed by atoms with Gasteiger partial charge >= 0.3 is 5.97 Å². The Bertz CT molecular complexity index is 285. The number of hydrogen-bond donors (Lipinski definition) is 1. The number of amides is 1. The molecule has 2 atom stereocenters. The van der Waals surface area contributed by atoms with Crippen molar-refractivity contribution in [3.8, 4) is 0 Å². The summed E-state index contributed by atoms with van der Waals surface area (Å²) in [5.74, 6) is -1.32. The zero-order valence-electron chi connectivity index (χ0n) is 7.55. The summed E-state index contributed by atoms with van der Waals surface area (Å²) in [6.07, 6.45) is 2.96. The van der Waals surface area contributed by atoms with E-state index < -0.39 is 5.97 Å². The van der Waals surface area contributed by atoms with Crippen molar-refractivity contribution in [2.75, 3.05) is 13.2 Å². The third-order valence-corrected chi connectivity index (χ3v) is 2.57. The summed E-state index contributed by atoms with van der Waals surface area (Å²) in [7, 11) is 0. The van der Waals surface area contributed by atoms with E-state index in [9.17, 15) is 9.59 Å². The predicted molar refractivity (Wildman–Crippen MR) is 46.6 cm³/mol. The summed E-state index contributed by atoms with van der Waals surface area (Å²) >= 11 is 0. The summed E-state index contributed by atoms with van der Waals surface area (Å²) in [4.78, 5) is 23.4. The lowest BCUT2D eigenvalue weighted by atomic mass is 9.91. The van der Waals surface area contributed by atoms with Crippen molar-refractivity contribution in [3.05, 3.63) is 12.2 Å². The fourth-order valence-electron chi connectivity index (χ4n) is 1.93. The molecule has 1 amide bonds. The van der Waals surface area contributed by atoms with Crippen LogP contribution in [-0.2, 0) is 14.3 Å². The van der Waals surface area contributed by atoms with Crippen molar-refractivity contribution >= 4 is 11.9 Å². The van der Waals surface area contributed by atoms with E-state index >= 15 is 0 Å². The van der Waals surface area contributed by atoms with Gasteiger partial charge in [0, 0.05) is 12.2 Å². The lowest BCUT2D eigenvalue weighted by molar-refractivity contribution is -0.162. The molecule has 76 valence electrons. The first-order valence-corrected chi connectivity index (χ1v) is 4.49. The summed E-state index contributed by atoms with van der Waals surface area (Å²) in [6, 6.07) is 0.305. The molecule has 0 unspecified atom stereocenters. The highest BCUT2D eigenvalue weighted by Gasteiger charge is 2.44. The number of morpholine rings is 1. The Morgan fingerprint density at radius 1 is 1.29 bits per heavy atom. The molecule has 0 saturated carbocycles. The van der Waals surface area contributed by atoms with Crippen LogP contribution in [0.2, 0.25) is 0 Å². The minimum absolute atomic E-state index is 0.152. The first kappa shape index (κ1) is 9.21. The topological polar surface area (TPSA) is 66.8 Å². The average Bonchev–Trinajstić information content (AvgIpc) is 2.16. The van der Waals surface area contributed by atoms with Crippen LogP contribution in [0, 0.1) is 0 Å². The average molecular weight is 197 g/mol. The monoisotopic (exact) mass is 197 g/mol. The molecule has 1 N–H and O–H groups in total. The Morgan fingerprint density at radius 3 is 2.43 bits per heavy atom. The Labute approximate surface area is 80.9 Å². The van der Waals surface area contributed by atoms with Crippen LogP contribution >= 0.6 is 0 Å². The van der Waals surface area contributed by atoms with E-state index in [0.717, 1.165) is 18.6 Å². The van der Waals surface area contributed by atoms with E-state index in [0.29, 0.717) is 13.2 Å². The smallest absolute Gasteiger partial charge is 0.328 e. The minimum atomic E-state index is -1.10. The molecule has 3 saturated heterocycles. The van der Waals surface area contributed by atoms with Crippen LogP contribution in [0.3, 0.4) is 0 Å². The summed E-state index contributed by atoms with van der Waals surface area (Å²) in [6.45, 7) is 1.15. The van der Waals surface area contributed by atoms with Gasteiger partial charge in [-0.25, -0.2) is 4.79 Å². The van der Waals surface area contributed by atoms with Gasteiger partial charge in [-0.05, 0) is 6.42 Å². The molecule has 3 heterocycles. The van der Waals surface area contributed by atoms with Gasteiger partial charge in [-0.15, -0.1) is 0 Å². The molecule has 2 bridgehead atoms. The largest absolute Gasteiger partial charge is 0.478 e. The SMILES string of the molecule is O=C(O)/C=C/C(=O)N1[C@H]2COC[C@H]1C2. The first-order chi connectivity index (χ1) is 6.68. The van der Waals surface area contributed by atoms with Crippen LogP contribution in [0.25, 0.3) is 0 Å². The molecule has 0 aromatic carbocycles. The van der Waals surface area contributed by atoms with E-state index in [1.54, 1.807) is 4.90 Å². The number of carboxylic acids is 1. The second-order valence-electron chi connectivity index (χ2n) is 3.50. The second-order valence-corrected chi connectivity index (χ2v) is 3.50. The van der Waals surface area contributed by atoms with Crippen molar-refractivity contribution in [2.45, 2.75) is 18.5 Å². The molecule has 5 heteroatoms. The molecular formula is C9H11NO4. The zero-order chi connectivity index (χ0) is 10.1. The van der Waals surface area contributed by atoms with E-state index in [-0.39, 0.29) is 18.0 Å². The lowest BCUT2D eigenvalue weighted by Gasteiger charge is -2.51. The van der Waals surface area contributed by atoms with Crippen molar-refractivity contribution in [3.63, 3.8) is 0 Å². The number of ether oxygens (including phenoxy) is 1. The van der Waals surface area contributed by atoms with Crippen molar-refractivity contribution < 1.29 is 19.4 Å². The fraction of sp³-hybridized carbons (Fsp3) is 0.556. The molecule has 3 aliphatic rings. The predicted octanol–water partition coefficient (Wildman–Crippen LogP) is -0.373. The Kier molecular flexibility index (Phi) is 2.25. The summed E-state index contributed by atoms with van der Waals surface area (Å²) in [5.41, 5.74) is 0. The minimum Gasteiger partial charge on any atom is -0.478 e. The molecule has 0 spiro atoms. The van der Waals surface area contributed by atoms with E-state index in [1.165, 1.54) is 0 Å². The van der Waals surface area contributed by atoms with Gasteiger partial charge in [0.2, 0.25) is 5.91 Å². The number of rotatable bonds is 2. The third kappa shape index (κ3) is 1.50. The van der Waals surface area contributed by atoms with Crippen LogP contribution in [0.15, 0.2) is 12.2 Å². The molecule has 3 fully saturated rings. The highest BCUT2D eigenvalue weighted by Crippen LogP contribution is 2.30. The number of hydrogen-bond acceptors (Lipinski definition) is 3. The molecule has 0 aromatic rings. The highest BCUT2D eigenvalue weighted by molar-refractivity contribution is 5.94. The van der Waals surface area contributed by atoms with Crippen molar-refractivity contribution in [1.82, 2.24) is 4.90 Å². The number of aliphatic carboxylic acids is 1.